The lowest BCUT2D eigenvalue weighted by atomic mass is 10.1. The maximum atomic E-state index is 13.3. The third kappa shape index (κ3) is 7.38. The first-order valence-electron chi connectivity index (χ1n) is 12.4. The van der Waals surface area contributed by atoms with Crippen LogP contribution in [0.4, 0.5) is 0 Å². The third-order valence-corrected chi connectivity index (χ3v) is 5.93. The highest BCUT2D eigenvalue weighted by molar-refractivity contribution is 5.94. The molecular weight excluding hydrogens is 422 g/mol. The molecule has 0 heterocycles. The Morgan fingerprint density at radius 2 is 1.50 bits per heavy atom. The number of carbonyl (C=O) groups is 1. The van der Waals surface area contributed by atoms with E-state index in [2.05, 4.69) is 26.0 Å². The number of nitrogens with zero attached hydrogens (tertiary/aromatic N) is 1. The molecule has 34 heavy (non-hydrogen) atoms. The number of rotatable bonds is 13. The minimum Gasteiger partial charge on any atom is -0.493 e. The van der Waals surface area contributed by atoms with Crippen molar-refractivity contribution in [2.45, 2.75) is 59.1 Å². The molecule has 0 atom stereocenters. The van der Waals surface area contributed by atoms with Crippen LogP contribution >= 0.6 is 0 Å². The number of ether oxygens (including phenoxy) is 2. The summed E-state index contributed by atoms with van der Waals surface area (Å²) in [7, 11) is 1.65. The SMILES string of the molecule is CCCCc1ccc(C(=O)N(CCCC)Cc2ccc(OCc3ccccc3)c(OC)c2)cc1. The van der Waals surface area contributed by atoms with Gasteiger partial charge in [0.15, 0.2) is 11.5 Å². The van der Waals surface area contributed by atoms with Crippen LogP contribution in [0.5, 0.6) is 11.5 Å². The van der Waals surface area contributed by atoms with Crippen LogP contribution in [0.2, 0.25) is 0 Å². The maximum absolute atomic E-state index is 13.3. The van der Waals surface area contributed by atoms with Crippen LogP contribution in [0.25, 0.3) is 0 Å². The van der Waals surface area contributed by atoms with Gasteiger partial charge in [-0.05, 0) is 60.2 Å². The van der Waals surface area contributed by atoms with Crippen molar-refractivity contribution in [3.05, 3.63) is 95.1 Å². The molecule has 1 amide bonds. The molecule has 4 nitrogen and oxygen atoms in total. The Kier molecular flexibility index (Phi) is 10.0. The summed E-state index contributed by atoms with van der Waals surface area (Å²) >= 11 is 0. The first-order valence-corrected chi connectivity index (χ1v) is 12.4. The standard InChI is InChI=1S/C30H37NO3/c1-4-6-11-24-14-17-27(18-15-24)30(32)31(20-7-5-2)22-26-16-19-28(29(21-26)33-3)34-23-25-12-9-8-10-13-25/h8-10,12-19,21H,4-7,11,20,22-23H2,1-3H3. The van der Waals surface area contributed by atoms with E-state index in [-0.39, 0.29) is 5.91 Å². The Morgan fingerprint density at radius 1 is 0.794 bits per heavy atom. The van der Waals surface area contributed by atoms with Crippen molar-refractivity contribution >= 4 is 5.91 Å². The van der Waals surface area contributed by atoms with Gasteiger partial charge < -0.3 is 14.4 Å². The summed E-state index contributed by atoms with van der Waals surface area (Å²) < 4.78 is 11.6. The van der Waals surface area contributed by atoms with Gasteiger partial charge in [0.1, 0.15) is 6.61 Å². The van der Waals surface area contributed by atoms with Crippen LogP contribution in [0.3, 0.4) is 0 Å². The fraction of sp³-hybridized carbons (Fsp3) is 0.367. The second-order valence-corrected chi connectivity index (χ2v) is 8.64. The van der Waals surface area contributed by atoms with Crippen molar-refractivity contribution in [3.63, 3.8) is 0 Å². The number of amides is 1. The van der Waals surface area contributed by atoms with Crippen LogP contribution in [-0.4, -0.2) is 24.5 Å². The topological polar surface area (TPSA) is 38.8 Å². The molecule has 0 fully saturated rings. The van der Waals surface area contributed by atoms with Crippen molar-refractivity contribution in [2.75, 3.05) is 13.7 Å². The molecule has 0 aromatic heterocycles. The molecule has 0 aliphatic carbocycles. The number of unbranched alkanes of at least 4 members (excludes halogenated alkanes) is 2. The fourth-order valence-corrected chi connectivity index (χ4v) is 3.86. The number of hydrogen-bond donors (Lipinski definition) is 0. The van der Waals surface area contributed by atoms with Crippen LogP contribution in [0.15, 0.2) is 72.8 Å². The minimum absolute atomic E-state index is 0.0684. The number of hydrogen-bond acceptors (Lipinski definition) is 3. The molecule has 180 valence electrons. The number of benzene rings is 3. The summed E-state index contributed by atoms with van der Waals surface area (Å²) in [5.41, 5.74) is 4.15. The average Bonchev–Trinajstić information content (AvgIpc) is 2.89. The van der Waals surface area contributed by atoms with Crippen molar-refractivity contribution in [1.29, 1.82) is 0 Å². The van der Waals surface area contributed by atoms with Crippen LogP contribution in [0, 0.1) is 0 Å². The molecule has 4 heteroatoms. The molecule has 0 saturated heterocycles. The van der Waals surface area contributed by atoms with E-state index < -0.39 is 0 Å². The zero-order valence-electron chi connectivity index (χ0n) is 20.8. The average molecular weight is 460 g/mol. The smallest absolute Gasteiger partial charge is 0.254 e. The van der Waals surface area contributed by atoms with Gasteiger partial charge in [0.05, 0.1) is 7.11 Å². The van der Waals surface area contributed by atoms with Gasteiger partial charge in [-0.15, -0.1) is 0 Å². The van der Waals surface area contributed by atoms with Gasteiger partial charge in [-0.3, -0.25) is 4.79 Å². The van der Waals surface area contributed by atoms with Gasteiger partial charge in [-0.25, -0.2) is 0 Å². The summed E-state index contributed by atoms with van der Waals surface area (Å²) in [6.07, 6.45) is 5.40. The Morgan fingerprint density at radius 3 is 2.18 bits per heavy atom. The van der Waals surface area contributed by atoms with Crippen LogP contribution < -0.4 is 9.47 Å². The van der Waals surface area contributed by atoms with E-state index in [1.807, 2.05) is 65.6 Å². The van der Waals surface area contributed by atoms with Gasteiger partial charge in [0, 0.05) is 18.7 Å². The lowest BCUT2D eigenvalue weighted by Gasteiger charge is -2.23. The molecule has 0 spiro atoms. The van der Waals surface area contributed by atoms with Gasteiger partial charge >= 0.3 is 0 Å². The zero-order valence-corrected chi connectivity index (χ0v) is 20.8. The fourth-order valence-electron chi connectivity index (χ4n) is 3.86. The van der Waals surface area contributed by atoms with Crippen molar-refractivity contribution in [3.8, 4) is 11.5 Å². The quantitative estimate of drug-likeness (QED) is 0.275. The molecule has 0 saturated carbocycles. The molecule has 0 N–H and O–H groups in total. The number of carbonyl (C=O) groups excluding carboxylic acids is 1. The Hall–Kier alpha value is -3.27. The Bertz CT molecular complexity index is 1010. The molecule has 0 unspecified atom stereocenters. The van der Waals surface area contributed by atoms with Gasteiger partial charge in [-0.2, -0.15) is 0 Å². The predicted octanol–water partition coefficient (Wildman–Crippen LogP) is 7.06. The van der Waals surface area contributed by atoms with E-state index in [9.17, 15) is 4.79 Å². The van der Waals surface area contributed by atoms with Gasteiger partial charge in [0.25, 0.3) is 5.91 Å². The van der Waals surface area contributed by atoms with Crippen LogP contribution in [0.1, 0.15) is 66.6 Å². The minimum atomic E-state index is 0.0684. The normalized spacial score (nSPS) is 10.7. The van der Waals surface area contributed by atoms with Crippen molar-refractivity contribution < 1.29 is 14.3 Å². The number of aryl methyl sites for hydroxylation is 1. The number of methoxy groups -OCH3 is 1. The second kappa shape index (κ2) is 13.4. The Balaban J connectivity index is 1.71. The van der Waals surface area contributed by atoms with Crippen molar-refractivity contribution in [1.82, 2.24) is 4.90 Å². The molecular formula is C30H37NO3. The van der Waals surface area contributed by atoms with Crippen LogP contribution in [-0.2, 0) is 19.6 Å². The summed E-state index contributed by atoms with van der Waals surface area (Å²) in [6.45, 7) is 6.08. The lowest BCUT2D eigenvalue weighted by molar-refractivity contribution is 0.0740. The Labute approximate surface area is 204 Å². The first kappa shape index (κ1) is 25.4. The zero-order chi connectivity index (χ0) is 24.2. The maximum Gasteiger partial charge on any atom is 0.254 e. The first-order chi connectivity index (χ1) is 16.6. The molecule has 3 aromatic carbocycles. The van der Waals surface area contributed by atoms with Gasteiger partial charge in [0.2, 0.25) is 0 Å². The molecule has 0 radical (unpaired) electrons. The summed E-state index contributed by atoms with van der Waals surface area (Å²) in [5.74, 6) is 1.44. The largest absolute Gasteiger partial charge is 0.493 e. The molecule has 0 aliphatic rings. The molecule has 0 bridgehead atoms. The van der Waals surface area contributed by atoms with Gasteiger partial charge in [-0.1, -0.05) is 75.2 Å². The summed E-state index contributed by atoms with van der Waals surface area (Å²) in [6, 6.07) is 24.1. The summed E-state index contributed by atoms with van der Waals surface area (Å²) in [5, 5.41) is 0. The molecule has 0 aliphatic heterocycles. The van der Waals surface area contributed by atoms with E-state index >= 15 is 0 Å². The lowest BCUT2D eigenvalue weighted by Crippen LogP contribution is -2.31. The summed E-state index contributed by atoms with van der Waals surface area (Å²) in [4.78, 5) is 15.3. The van der Waals surface area contributed by atoms with Crippen molar-refractivity contribution in [2.24, 2.45) is 0 Å². The van der Waals surface area contributed by atoms with E-state index in [4.69, 9.17) is 9.47 Å². The second-order valence-electron chi connectivity index (χ2n) is 8.64. The molecule has 3 rings (SSSR count). The van der Waals surface area contributed by atoms with E-state index in [0.717, 1.165) is 42.5 Å². The highest BCUT2D eigenvalue weighted by atomic mass is 16.5. The van der Waals surface area contributed by atoms with E-state index in [1.165, 1.54) is 18.4 Å². The highest BCUT2D eigenvalue weighted by Gasteiger charge is 2.17. The van der Waals surface area contributed by atoms with E-state index in [0.29, 0.717) is 24.7 Å². The highest BCUT2D eigenvalue weighted by Crippen LogP contribution is 2.29. The monoisotopic (exact) mass is 459 g/mol. The van der Waals surface area contributed by atoms with E-state index in [1.54, 1.807) is 7.11 Å². The predicted molar refractivity (Wildman–Crippen MR) is 138 cm³/mol. The molecule has 3 aromatic rings. The third-order valence-electron chi connectivity index (χ3n) is 5.93.